The van der Waals surface area contributed by atoms with Gasteiger partial charge in [0.05, 0.1) is 18.5 Å². The number of aryl methyl sites for hydroxylation is 1. The second-order valence-corrected chi connectivity index (χ2v) is 10.2. The lowest BCUT2D eigenvalue weighted by Gasteiger charge is -2.37. The number of carbonyl (C=O) groups is 1. The zero-order chi connectivity index (χ0) is 23.9. The molecule has 3 aromatic rings. The Balaban J connectivity index is 1.31. The monoisotopic (exact) mass is 484 g/mol. The summed E-state index contributed by atoms with van der Waals surface area (Å²) < 4.78 is 20.7. The molecule has 0 saturated carbocycles. The summed E-state index contributed by atoms with van der Waals surface area (Å²) in [7, 11) is 1.59. The number of ether oxygens (including phenoxy) is 1. The molecule has 3 atom stereocenters. The van der Waals surface area contributed by atoms with Gasteiger partial charge in [0, 0.05) is 23.0 Å². The van der Waals surface area contributed by atoms with Crippen LogP contribution in [0.4, 0.5) is 4.39 Å². The number of fused-ring (bicyclic) bond motifs is 1. The Kier molecular flexibility index (Phi) is 8.51. The van der Waals surface area contributed by atoms with Gasteiger partial charge in [-0.05, 0) is 98.8 Å². The fraction of sp³-hybridized carbons (Fsp3) is 0.481. The van der Waals surface area contributed by atoms with Gasteiger partial charge in [-0.15, -0.1) is 11.3 Å². The summed E-state index contributed by atoms with van der Waals surface area (Å²) in [6, 6.07) is 11.4. The van der Waals surface area contributed by atoms with Gasteiger partial charge in [0.25, 0.3) is 0 Å². The number of halogens is 1. The Morgan fingerprint density at radius 3 is 2.97 bits per heavy atom. The number of aromatic nitrogens is 1. The number of hydrogen-bond acceptors (Lipinski definition) is 5. The van der Waals surface area contributed by atoms with E-state index in [1.807, 2.05) is 18.2 Å². The minimum atomic E-state index is -1.16. The molecule has 34 heavy (non-hydrogen) atoms. The molecule has 0 radical (unpaired) electrons. The van der Waals surface area contributed by atoms with Crippen molar-refractivity contribution in [1.82, 2.24) is 9.88 Å². The van der Waals surface area contributed by atoms with Crippen molar-refractivity contribution in [1.29, 1.82) is 0 Å². The number of nitrogens with zero attached hydrogens (tertiary/aromatic N) is 2. The highest BCUT2D eigenvalue weighted by molar-refractivity contribution is 7.09. The highest BCUT2D eigenvalue weighted by Crippen LogP contribution is 2.35. The molecule has 1 aliphatic rings. The van der Waals surface area contributed by atoms with E-state index >= 15 is 4.39 Å². The van der Waals surface area contributed by atoms with Gasteiger partial charge < -0.3 is 14.7 Å². The number of hydrogen-bond donors (Lipinski definition) is 1. The Hall–Kier alpha value is -2.51. The van der Waals surface area contributed by atoms with Crippen LogP contribution in [0.5, 0.6) is 5.75 Å². The largest absolute Gasteiger partial charge is 0.497 e. The molecular formula is C27H33FN2O3S. The highest BCUT2D eigenvalue weighted by atomic mass is 32.1. The lowest BCUT2D eigenvalue weighted by Crippen LogP contribution is -2.44. The maximum Gasteiger partial charge on any atom is 0.308 e. The van der Waals surface area contributed by atoms with Crippen molar-refractivity contribution in [2.75, 3.05) is 26.7 Å². The third-order valence-electron chi connectivity index (χ3n) is 7.00. The van der Waals surface area contributed by atoms with Gasteiger partial charge in [-0.25, -0.2) is 4.39 Å². The Bertz CT molecular complexity index is 1070. The fourth-order valence-electron chi connectivity index (χ4n) is 5.05. The SMILES string of the molecule is COc1ccc2nccc(C(F)CC[C@@H]3CCN(CCCCc4cccs4)C[C@@H]3C(=O)O)c2c1. The zero-order valence-electron chi connectivity index (χ0n) is 19.7. The molecule has 0 aliphatic carbocycles. The van der Waals surface area contributed by atoms with E-state index in [2.05, 4.69) is 27.4 Å². The number of methoxy groups -OCH3 is 1. The van der Waals surface area contributed by atoms with Crippen LogP contribution in [0.15, 0.2) is 48.0 Å². The van der Waals surface area contributed by atoms with Crippen molar-refractivity contribution in [3.8, 4) is 5.75 Å². The quantitative estimate of drug-likeness (QED) is 0.331. The lowest BCUT2D eigenvalue weighted by atomic mass is 9.81. The molecule has 1 fully saturated rings. The predicted octanol–water partition coefficient (Wildman–Crippen LogP) is 6.14. The van der Waals surface area contributed by atoms with Crippen LogP contribution in [0.1, 0.15) is 48.7 Å². The summed E-state index contributed by atoms with van der Waals surface area (Å²) in [5.74, 6) is -0.529. The molecule has 1 aromatic carbocycles. The van der Waals surface area contributed by atoms with Crippen LogP contribution in [0.3, 0.4) is 0 Å². The molecule has 1 unspecified atom stereocenters. The number of benzene rings is 1. The normalized spacial score (nSPS) is 19.8. The number of carboxylic acids is 1. The van der Waals surface area contributed by atoms with Crippen LogP contribution in [0.2, 0.25) is 0 Å². The van der Waals surface area contributed by atoms with E-state index in [1.165, 1.54) is 4.88 Å². The summed E-state index contributed by atoms with van der Waals surface area (Å²) in [4.78, 5) is 20.0. The van der Waals surface area contributed by atoms with Crippen LogP contribution >= 0.6 is 11.3 Å². The van der Waals surface area contributed by atoms with Gasteiger partial charge >= 0.3 is 5.97 Å². The van der Waals surface area contributed by atoms with Gasteiger partial charge in [-0.1, -0.05) is 6.07 Å². The molecule has 182 valence electrons. The van der Waals surface area contributed by atoms with E-state index in [0.717, 1.165) is 49.7 Å². The summed E-state index contributed by atoms with van der Waals surface area (Å²) in [5, 5.41) is 12.7. The van der Waals surface area contributed by atoms with Gasteiger partial charge in [-0.3, -0.25) is 9.78 Å². The van der Waals surface area contributed by atoms with E-state index in [1.54, 1.807) is 30.7 Å². The molecule has 1 aliphatic heterocycles. The number of alkyl halides is 1. The maximum absolute atomic E-state index is 15.4. The standard InChI is InChI=1S/C27H33FN2O3S/c1-33-20-8-10-26-23(17-20)22(11-13-29-26)25(28)9-7-19-12-15-30(18-24(19)27(31)32)14-3-2-5-21-6-4-16-34-21/h4,6,8,10-11,13,16-17,19,24-25H,2-3,5,7,9,12,14-15,18H2,1H3,(H,31,32)/t19-,24+,25?/m1/s1. The first-order valence-corrected chi connectivity index (χ1v) is 13.0. The third-order valence-corrected chi connectivity index (χ3v) is 7.93. The second kappa shape index (κ2) is 11.8. The average molecular weight is 485 g/mol. The van der Waals surface area contributed by atoms with Gasteiger partial charge in [0.2, 0.25) is 0 Å². The van der Waals surface area contributed by atoms with Crippen molar-refractivity contribution >= 4 is 28.2 Å². The predicted molar refractivity (Wildman–Crippen MR) is 134 cm³/mol. The van der Waals surface area contributed by atoms with Crippen LogP contribution in [-0.4, -0.2) is 47.7 Å². The molecule has 5 nitrogen and oxygen atoms in total. The minimum Gasteiger partial charge on any atom is -0.497 e. The summed E-state index contributed by atoms with van der Waals surface area (Å²) in [6.07, 6.45) is 5.43. The second-order valence-electron chi connectivity index (χ2n) is 9.16. The van der Waals surface area contributed by atoms with Gasteiger partial charge in [0.15, 0.2) is 0 Å². The van der Waals surface area contributed by atoms with Crippen LogP contribution in [0.25, 0.3) is 10.9 Å². The topological polar surface area (TPSA) is 62.7 Å². The molecule has 1 N–H and O–H groups in total. The Morgan fingerprint density at radius 1 is 1.32 bits per heavy atom. The Morgan fingerprint density at radius 2 is 2.21 bits per heavy atom. The average Bonchev–Trinajstić information content (AvgIpc) is 3.38. The number of thiophene rings is 1. The van der Waals surface area contributed by atoms with Crippen molar-refractivity contribution in [2.45, 2.75) is 44.7 Å². The van der Waals surface area contributed by atoms with E-state index in [0.29, 0.717) is 30.7 Å². The summed E-state index contributed by atoms with van der Waals surface area (Å²) >= 11 is 1.79. The van der Waals surface area contributed by atoms with Crippen LogP contribution in [-0.2, 0) is 11.2 Å². The van der Waals surface area contributed by atoms with Crippen LogP contribution < -0.4 is 4.74 Å². The number of unbranched alkanes of at least 4 members (excludes halogenated alkanes) is 1. The Labute approximate surface area is 204 Å². The molecule has 0 spiro atoms. The van der Waals surface area contributed by atoms with Crippen LogP contribution in [0, 0.1) is 11.8 Å². The number of piperidine rings is 1. The number of rotatable bonds is 11. The fourth-order valence-corrected chi connectivity index (χ4v) is 5.80. The number of aliphatic carboxylic acids is 1. The molecule has 0 amide bonds. The smallest absolute Gasteiger partial charge is 0.308 e. The number of likely N-dealkylation sites (tertiary alicyclic amines) is 1. The molecule has 0 bridgehead atoms. The molecule has 1 saturated heterocycles. The van der Waals surface area contributed by atoms with Gasteiger partial charge in [-0.2, -0.15) is 0 Å². The van der Waals surface area contributed by atoms with Crippen molar-refractivity contribution < 1.29 is 19.0 Å². The first-order valence-electron chi connectivity index (χ1n) is 12.1. The van der Waals surface area contributed by atoms with E-state index < -0.39 is 18.1 Å². The number of pyridine rings is 1. The van der Waals surface area contributed by atoms with E-state index in [4.69, 9.17) is 4.74 Å². The molecule has 4 rings (SSSR count). The highest BCUT2D eigenvalue weighted by Gasteiger charge is 2.34. The lowest BCUT2D eigenvalue weighted by molar-refractivity contribution is -0.146. The van der Waals surface area contributed by atoms with E-state index in [-0.39, 0.29) is 5.92 Å². The maximum atomic E-state index is 15.4. The molecule has 2 aromatic heterocycles. The minimum absolute atomic E-state index is 0.000700. The van der Waals surface area contributed by atoms with Crippen molar-refractivity contribution in [2.24, 2.45) is 11.8 Å². The first-order chi connectivity index (χ1) is 16.5. The zero-order valence-corrected chi connectivity index (χ0v) is 20.5. The summed E-state index contributed by atoms with van der Waals surface area (Å²) in [5.41, 5.74) is 1.33. The first kappa shape index (κ1) is 24.6. The van der Waals surface area contributed by atoms with Crippen molar-refractivity contribution in [3.05, 3.63) is 58.4 Å². The molecule has 3 heterocycles. The summed E-state index contributed by atoms with van der Waals surface area (Å²) in [6.45, 7) is 2.38. The van der Waals surface area contributed by atoms with Crippen molar-refractivity contribution in [3.63, 3.8) is 0 Å². The third kappa shape index (κ3) is 6.13. The molecule has 7 heteroatoms. The number of carboxylic acid groups (broad SMARTS) is 1. The van der Waals surface area contributed by atoms with E-state index in [9.17, 15) is 9.90 Å². The molecular weight excluding hydrogens is 451 g/mol. The van der Waals surface area contributed by atoms with Gasteiger partial charge in [0.1, 0.15) is 11.9 Å².